The molecule has 0 N–H and O–H groups in total. The van der Waals surface area contributed by atoms with Crippen LogP contribution in [0.4, 0.5) is 4.79 Å². The van der Waals surface area contributed by atoms with Crippen molar-refractivity contribution < 1.29 is 13.9 Å². The first-order valence-corrected chi connectivity index (χ1v) is 7.30. The minimum Gasteiger partial charge on any atom is -0.461 e. The molecular formula is C17H21NO3. The highest BCUT2D eigenvalue weighted by atomic mass is 16.6. The summed E-state index contributed by atoms with van der Waals surface area (Å²) >= 11 is 0. The van der Waals surface area contributed by atoms with Gasteiger partial charge in [-0.2, -0.15) is 0 Å². The molecule has 21 heavy (non-hydrogen) atoms. The van der Waals surface area contributed by atoms with Crippen molar-refractivity contribution in [2.24, 2.45) is 0 Å². The zero-order valence-corrected chi connectivity index (χ0v) is 13.0. The second-order valence-electron chi connectivity index (χ2n) is 6.77. The fourth-order valence-corrected chi connectivity index (χ4v) is 2.49. The number of nitrogens with zero attached hydrogens (tertiary/aromatic N) is 1. The SMILES string of the molecule is Cc1ccc2cc(C3CN(C(=O)OC(C)(C)C)C3)oc2c1. The molecule has 3 rings (SSSR count). The minimum atomic E-state index is -0.445. The molecule has 0 radical (unpaired) electrons. The number of hydrogen-bond acceptors (Lipinski definition) is 3. The van der Waals surface area contributed by atoms with E-state index in [2.05, 4.69) is 25.1 Å². The third-order valence-corrected chi connectivity index (χ3v) is 3.63. The molecule has 1 saturated heterocycles. The fourth-order valence-electron chi connectivity index (χ4n) is 2.49. The lowest BCUT2D eigenvalue weighted by Crippen LogP contribution is -2.50. The van der Waals surface area contributed by atoms with Crippen LogP contribution in [0.3, 0.4) is 0 Å². The van der Waals surface area contributed by atoms with Gasteiger partial charge in [0.1, 0.15) is 16.9 Å². The lowest BCUT2D eigenvalue weighted by atomic mass is 9.97. The molecular weight excluding hydrogens is 266 g/mol. The summed E-state index contributed by atoms with van der Waals surface area (Å²) in [5, 5.41) is 1.12. The van der Waals surface area contributed by atoms with Crippen molar-refractivity contribution in [3.63, 3.8) is 0 Å². The van der Waals surface area contributed by atoms with E-state index in [1.807, 2.05) is 26.8 Å². The van der Waals surface area contributed by atoms with Gasteiger partial charge in [-0.05, 0) is 45.4 Å². The van der Waals surface area contributed by atoms with Gasteiger partial charge < -0.3 is 14.1 Å². The number of aryl methyl sites for hydroxylation is 1. The summed E-state index contributed by atoms with van der Waals surface area (Å²) in [5.74, 6) is 1.22. The zero-order valence-electron chi connectivity index (χ0n) is 13.0. The number of rotatable bonds is 1. The Morgan fingerprint density at radius 1 is 1.29 bits per heavy atom. The third kappa shape index (κ3) is 2.89. The maximum Gasteiger partial charge on any atom is 0.410 e. The van der Waals surface area contributed by atoms with Crippen LogP contribution in [-0.4, -0.2) is 29.7 Å². The number of amides is 1. The molecule has 2 heterocycles. The average molecular weight is 287 g/mol. The summed E-state index contributed by atoms with van der Waals surface area (Å²) in [5.41, 5.74) is 1.66. The van der Waals surface area contributed by atoms with Gasteiger partial charge in [0.05, 0.1) is 5.92 Å². The number of hydrogen-bond donors (Lipinski definition) is 0. The molecule has 4 heteroatoms. The van der Waals surface area contributed by atoms with Gasteiger partial charge in [0.15, 0.2) is 0 Å². The maximum atomic E-state index is 11.9. The highest BCUT2D eigenvalue weighted by molar-refractivity contribution is 5.79. The van der Waals surface area contributed by atoms with Gasteiger partial charge >= 0.3 is 6.09 Å². The molecule has 1 fully saturated rings. The van der Waals surface area contributed by atoms with Crippen molar-refractivity contribution >= 4 is 17.1 Å². The van der Waals surface area contributed by atoms with Crippen LogP contribution in [-0.2, 0) is 4.74 Å². The van der Waals surface area contributed by atoms with Crippen molar-refractivity contribution in [2.75, 3.05) is 13.1 Å². The quantitative estimate of drug-likeness (QED) is 0.794. The van der Waals surface area contributed by atoms with Crippen LogP contribution in [0.2, 0.25) is 0 Å². The first-order valence-electron chi connectivity index (χ1n) is 7.30. The molecule has 1 aliphatic rings. The molecule has 1 amide bonds. The molecule has 0 atom stereocenters. The Hall–Kier alpha value is -1.97. The Labute approximate surface area is 124 Å². The molecule has 0 saturated carbocycles. The molecule has 2 aromatic rings. The lowest BCUT2D eigenvalue weighted by molar-refractivity contribution is 0.00666. The molecule has 1 aliphatic heterocycles. The number of ether oxygens (including phenoxy) is 1. The molecule has 0 spiro atoms. The summed E-state index contributed by atoms with van der Waals surface area (Å²) in [7, 11) is 0. The summed E-state index contributed by atoms with van der Waals surface area (Å²) in [6.45, 7) is 9.01. The monoisotopic (exact) mass is 287 g/mol. The fraction of sp³-hybridized carbons (Fsp3) is 0.471. The van der Waals surface area contributed by atoms with Gasteiger partial charge in [-0.25, -0.2) is 4.79 Å². The Morgan fingerprint density at radius 2 is 2.00 bits per heavy atom. The Balaban J connectivity index is 1.66. The van der Waals surface area contributed by atoms with Gasteiger partial charge in [0, 0.05) is 18.5 Å². The largest absolute Gasteiger partial charge is 0.461 e. The number of carbonyl (C=O) groups excluding carboxylic acids is 1. The van der Waals surface area contributed by atoms with Crippen LogP contribution < -0.4 is 0 Å². The Bertz CT molecular complexity index is 675. The van der Waals surface area contributed by atoms with E-state index >= 15 is 0 Å². The topological polar surface area (TPSA) is 42.7 Å². The van der Waals surface area contributed by atoms with Gasteiger partial charge in [-0.15, -0.1) is 0 Å². The average Bonchev–Trinajstić information content (AvgIpc) is 2.66. The summed E-state index contributed by atoms with van der Waals surface area (Å²) < 4.78 is 11.3. The van der Waals surface area contributed by atoms with E-state index in [0.717, 1.165) is 16.7 Å². The molecule has 1 aromatic heterocycles. The van der Waals surface area contributed by atoms with E-state index in [9.17, 15) is 4.79 Å². The van der Waals surface area contributed by atoms with Crippen molar-refractivity contribution in [3.8, 4) is 0 Å². The second kappa shape index (κ2) is 4.79. The van der Waals surface area contributed by atoms with E-state index in [4.69, 9.17) is 9.15 Å². The van der Waals surface area contributed by atoms with Crippen LogP contribution in [0, 0.1) is 6.92 Å². The smallest absolute Gasteiger partial charge is 0.410 e. The van der Waals surface area contributed by atoms with Crippen LogP contribution >= 0.6 is 0 Å². The number of carbonyl (C=O) groups is 1. The molecule has 4 nitrogen and oxygen atoms in total. The minimum absolute atomic E-state index is 0.245. The van der Waals surface area contributed by atoms with Crippen molar-refractivity contribution in [3.05, 3.63) is 35.6 Å². The Kier molecular flexibility index (Phi) is 3.19. The first-order chi connectivity index (χ1) is 9.82. The number of furan rings is 1. The first kappa shape index (κ1) is 14.0. The van der Waals surface area contributed by atoms with Gasteiger partial charge in [-0.1, -0.05) is 12.1 Å². The van der Waals surface area contributed by atoms with Crippen LogP contribution in [0.15, 0.2) is 28.7 Å². The summed E-state index contributed by atoms with van der Waals surface area (Å²) in [6, 6.07) is 8.27. The zero-order chi connectivity index (χ0) is 15.2. The lowest BCUT2D eigenvalue weighted by Gasteiger charge is -2.38. The predicted molar refractivity (Wildman–Crippen MR) is 81.5 cm³/mol. The Morgan fingerprint density at radius 3 is 2.67 bits per heavy atom. The van der Waals surface area contributed by atoms with E-state index in [-0.39, 0.29) is 12.0 Å². The summed E-state index contributed by atoms with van der Waals surface area (Å²) in [4.78, 5) is 13.6. The number of likely N-dealkylation sites (tertiary alicyclic amines) is 1. The normalized spacial score (nSPS) is 16.1. The van der Waals surface area contributed by atoms with Gasteiger partial charge in [-0.3, -0.25) is 0 Å². The van der Waals surface area contributed by atoms with Gasteiger partial charge in [0.2, 0.25) is 0 Å². The molecule has 112 valence electrons. The van der Waals surface area contributed by atoms with E-state index in [0.29, 0.717) is 13.1 Å². The van der Waals surface area contributed by atoms with E-state index in [1.54, 1.807) is 4.90 Å². The summed E-state index contributed by atoms with van der Waals surface area (Å²) in [6.07, 6.45) is -0.245. The predicted octanol–water partition coefficient (Wildman–Crippen LogP) is 4.08. The number of benzene rings is 1. The number of fused-ring (bicyclic) bond motifs is 1. The van der Waals surface area contributed by atoms with Crippen LogP contribution in [0.25, 0.3) is 11.0 Å². The van der Waals surface area contributed by atoms with Gasteiger partial charge in [0.25, 0.3) is 0 Å². The van der Waals surface area contributed by atoms with E-state index < -0.39 is 5.60 Å². The third-order valence-electron chi connectivity index (χ3n) is 3.63. The van der Waals surface area contributed by atoms with Crippen molar-refractivity contribution in [2.45, 2.75) is 39.2 Å². The highest BCUT2D eigenvalue weighted by Crippen LogP contribution is 2.32. The van der Waals surface area contributed by atoms with Crippen LogP contribution in [0.5, 0.6) is 0 Å². The van der Waals surface area contributed by atoms with Crippen LogP contribution in [0.1, 0.15) is 38.0 Å². The molecule has 0 aliphatic carbocycles. The van der Waals surface area contributed by atoms with E-state index in [1.165, 1.54) is 5.56 Å². The standard InChI is InChI=1S/C17H21NO3/c1-11-5-6-12-8-15(20-14(12)7-11)13-9-18(10-13)16(19)21-17(2,3)4/h5-8,13H,9-10H2,1-4H3. The highest BCUT2D eigenvalue weighted by Gasteiger charge is 2.36. The molecule has 0 unspecified atom stereocenters. The maximum absolute atomic E-state index is 11.9. The molecule has 0 bridgehead atoms. The van der Waals surface area contributed by atoms with Crippen molar-refractivity contribution in [1.82, 2.24) is 4.90 Å². The van der Waals surface area contributed by atoms with Crippen molar-refractivity contribution in [1.29, 1.82) is 0 Å². The molecule has 1 aromatic carbocycles. The second-order valence-corrected chi connectivity index (χ2v) is 6.77.